The van der Waals surface area contributed by atoms with Crippen molar-refractivity contribution in [1.29, 1.82) is 0 Å². The Morgan fingerprint density at radius 1 is 1.33 bits per heavy atom. The molecule has 1 aromatic carbocycles. The molecule has 0 bridgehead atoms. The van der Waals surface area contributed by atoms with Crippen LogP contribution in [0.5, 0.6) is 5.75 Å². The molecule has 1 aromatic rings. The lowest BCUT2D eigenvalue weighted by atomic mass is 9.98. The van der Waals surface area contributed by atoms with Gasteiger partial charge in [-0.25, -0.2) is 4.79 Å². The summed E-state index contributed by atoms with van der Waals surface area (Å²) >= 11 is 0. The zero-order valence-corrected chi connectivity index (χ0v) is 11.5. The third kappa shape index (κ3) is 4.56. The summed E-state index contributed by atoms with van der Waals surface area (Å²) in [5, 5.41) is 11.8. The number of benzene rings is 1. The highest BCUT2D eigenvalue weighted by Gasteiger charge is 2.22. The summed E-state index contributed by atoms with van der Waals surface area (Å²) in [6.45, 7) is -1.51. The van der Waals surface area contributed by atoms with Crippen molar-refractivity contribution in [1.82, 2.24) is 4.90 Å². The number of aliphatic hydroxyl groups excluding tert-OH is 1. The molecule has 0 unspecified atom stereocenters. The van der Waals surface area contributed by atoms with Gasteiger partial charge >= 0.3 is 12.6 Å². The molecular formula is C14H18F2N2O3. The minimum Gasteiger partial charge on any atom is -0.435 e. The van der Waals surface area contributed by atoms with Crippen molar-refractivity contribution in [2.75, 3.05) is 25.0 Å². The summed E-state index contributed by atoms with van der Waals surface area (Å²) < 4.78 is 28.3. The Morgan fingerprint density at radius 2 is 1.95 bits per heavy atom. The topological polar surface area (TPSA) is 61.8 Å². The molecule has 1 heterocycles. The Balaban J connectivity index is 1.85. The number of amides is 2. The molecular weight excluding hydrogens is 282 g/mol. The summed E-state index contributed by atoms with van der Waals surface area (Å²) in [6, 6.07) is 5.54. The SMILES string of the molecule is O=C(Nc1ccc(OC(F)F)cc1)N1CCC(CO)CC1. The van der Waals surface area contributed by atoms with Crippen molar-refractivity contribution in [3.05, 3.63) is 24.3 Å². The third-order valence-corrected chi connectivity index (χ3v) is 3.49. The summed E-state index contributed by atoms with van der Waals surface area (Å²) in [7, 11) is 0. The highest BCUT2D eigenvalue weighted by Crippen LogP contribution is 2.20. The second kappa shape index (κ2) is 7.21. The van der Waals surface area contributed by atoms with Gasteiger partial charge in [-0.05, 0) is 43.0 Å². The van der Waals surface area contributed by atoms with E-state index in [4.69, 9.17) is 5.11 Å². The van der Waals surface area contributed by atoms with Gasteiger partial charge in [0.15, 0.2) is 0 Å². The molecule has 116 valence electrons. The molecule has 2 N–H and O–H groups in total. The Kier molecular flexibility index (Phi) is 5.32. The minimum atomic E-state index is -2.86. The van der Waals surface area contributed by atoms with E-state index in [0.717, 1.165) is 12.8 Å². The van der Waals surface area contributed by atoms with Crippen LogP contribution in [0.15, 0.2) is 24.3 Å². The Morgan fingerprint density at radius 3 is 2.48 bits per heavy atom. The summed E-state index contributed by atoms with van der Waals surface area (Å²) in [4.78, 5) is 13.7. The van der Waals surface area contributed by atoms with E-state index in [-0.39, 0.29) is 24.3 Å². The maximum absolute atomic E-state index is 12.0. The fraction of sp³-hybridized carbons (Fsp3) is 0.500. The Bertz CT molecular complexity index is 460. The van der Waals surface area contributed by atoms with Crippen LogP contribution in [0.2, 0.25) is 0 Å². The molecule has 0 aliphatic carbocycles. The van der Waals surface area contributed by atoms with Gasteiger partial charge in [0.05, 0.1) is 0 Å². The molecule has 0 saturated carbocycles. The van der Waals surface area contributed by atoms with Crippen LogP contribution in [0.25, 0.3) is 0 Å². The lowest BCUT2D eigenvalue weighted by Gasteiger charge is -2.31. The predicted octanol–water partition coefficient (Wildman–Crippen LogP) is 2.52. The molecule has 0 aromatic heterocycles. The summed E-state index contributed by atoms with van der Waals surface area (Å²) in [6.07, 6.45) is 1.57. The molecule has 1 saturated heterocycles. The molecule has 1 aliphatic rings. The molecule has 5 nitrogen and oxygen atoms in total. The number of hydrogen-bond donors (Lipinski definition) is 2. The number of anilines is 1. The number of alkyl halides is 2. The molecule has 21 heavy (non-hydrogen) atoms. The zero-order chi connectivity index (χ0) is 15.2. The quantitative estimate of drug-likeness (QED) is 0.898. The number of ether oxygens (including phenoxy) is 1. The number of likely N-dealkylation sites (tertiary alicyclic amines) is 1. The van der Waals surface area contributed by atoms with Gasteiger partial charge in [0.2, 0.25) is 0 Å². The number of halogens is 2. The number of rotatable bonds is 4. The Hall–Kier alpha value is -1.89. The molecule has 2 rings (SSSR count). The first-order chi connectivity index (χ1) is 10.1. The Labute approximate surface area is 121 Å². The lowest BCUT2D eigenvalue weighted by molar-refractivity contribution is -0.0498. The van der Waals surface area contributed by atoms with Gasteiger partial charge in [0.1, 0.15) is 5.75 Å². The molecule has 7 heteroatoms. The number of piperidine rings is 1. The molecule has 0 spiro atoms. The number of hydrogen-bond acceptors (Lipinski definition) is 3. The third-order valence-electron chi connectivity index (χ3n) is 3.49. The van der Waals surface area contributed by atoms with Crippen LogP contribution in [0.3, 0.4) is 0 Å². The molecule has 2 amide bonds. The number of carbonyl (C=O) groups is 1. The molecule has 0 radical (unpaired) electrons. The van der Waals surface area contributed by atoms with Crippen LogP contribution in [0, 0.1) is 5.92 Å². The van der Waals surface area contributed by atoms with Crippen LogP contribution in [-0.4, -0.2) is 42.3 Å². The lowest BCUT2D eigenvalue weighted by Crippen LogP contribution is -2.41. The van der Waals surface area contributed by atoms with Crippen molar-refractivity contribution in [3.8, 4) is 5.75 Å². The van der Waals surface area contributed by atoms with Gasteiger partial charge in [0.25, 0.3) is 0 Å². The first-order valence-corrected chi connectivity index (χ1v) is 6.80. The van der Waals surface area contributed by atoms with E-state index in [1.54, 1.807) is 4.90 Å². The first-order valence-electron chi connectivity index (χ1n) is 6.80. The predicted molar refractivity (Wildman–Crippen MR) is 73.5 cm³/mol. The van der Waals surface area contributed by atoms with Gasteiger partial charge < -0.3 is 20.1 Å². The molecule has 0 atom stereocenters. The number of nitrogens with zero attached hydrogens (tertiary/aromatic N) is 1. The molecule has 1 aliphatic heterocycles. The smallest absolute Gasteiger partial charge is 0.387 e. The van der Waals surface area contributed by atoms with Gasteiger partial charge in [-0.15, -0.1) is 0 Å². The van der Waals surface area contributed by atoms with E-state index < -0.39 is 6.61 Å². The van der Waals surface area contributed by atoms with Crippen molar-refractivity contribution in [2.45, 2.75) is 19.5 Å². The van der Waals surface area contributed by atoms with Crippen LogP contribution >= 0.6 is 0 Å². The summed E-state index contributed by atoms with van der Waals surface area (Å²) in [5.41, 5.74) is 0.519. The average Bonchev–Trinajstić information content (AvgIpc) is 2.49. The fourth-order valence-electron chi connectivity index (χ4n) is 2.24. The number of nitrogens with one attached hydrogen (secondary N) is 1. The normalized spacial score (nSPS) is 16.1. The number of urea groups is 1. The van der Waals surface area contributed by atoms with E-state index in [2.05, 4.69) is 10.1 Å². The van der Waals surface area contributed by atoms with Gasteiger partial charge in [0, 0.05) is 25.4 Å². The van der Waals surface area contributed by atoms with Crippen LogP contribution in [-0.2, 0) is 0 Å². The minimum absolute atomic E-state index is 0.0479. The van der Waals surface area contributed by atoms with Crippen molar-refractivity contribution >= 4 is 11.7 Å². The number of aliphatic hydroxyl groups is 1. The van der Waals surface area contributed by atoms with Crippen molar-refractivity contribution < 1.29 is 23.4 Å². The first kappa shape index (κ1) is 15.5. The van der Waals surface area contributed by atoms with Gasteiger partial charge in [-0.3, -0.25) is 0 Å². The van der Waals surface area contributed by atoms with Crippen LogP contribution in [0.4, 0.5) is 19.3 Å². The number of carbonyl (C=O) groups excluding carboxylic acids is 1. The van der Waals surface area contributed by atoms with Crippen LogP contribution < -0.4 is 10.1 Å². The second-order valence-electron chi connectivity index (χ2n) is 4.95. The largest absolute Gasteiger partial charge is 0.435 e. The van der Waals surface area contributed by atoms with E-state index in [0.29, 0.717) is 18.8 Å². The van der Waals surface area contributed by atoms with E-state index in [1.165, 1.54) is 24.3 Å². The van der Waals surface area contributed by atoms with Crippen LogP contribution in [0.1, 0.15) is 12.8 Å². The molecule has 1 fully saturated rings. The van der Waals surface area contributed by atoms with E-state index in [9.17, 15) is 13.6 Å². The standard InChI is InChI=1S/C14H18F2N2O3/c15-13(16)21-12-3-1-11(2-4-12)17-14(20)18-7-5-10(9-19)6-8-18/h1-4,10,13,19H,5-9H2,(H,17,20). The maximum Gasteiger partial charge on any atom is 0.387 e. The van der Waals surface area contributed by atoms with Gasteiger partial charge in [-0.1, -0.05) is 0 Å². The zero-order valence-electron chi connectivity index (χ0n) is 11.5. The highest BCUT2D eigenvalue weighted by atomic mass is 19.3. The highest BCUT2D eigenvalue weighted by molar-refractivity contribution is 5.89. The van der Waals surface area contributed by atoms with Gasteiger partial charge in [-0.2, -0.15) is 8.78 Å². The maximum atomic E-state index is 12.0. The monoisotopic (exact) mass is 300 g/mol. The second-order valence-corrected chi connectivity index (χ2v) is 4.95. The summed E-state index contributed by atoms with van der Waals surface area (Å²) in [5.74, 6) is 0.312. The van der Waals surface area contributed by atoms with Crippen molar-refractivity contribution in [2.24, 2.45) is 5.92 Å². The fourth-order valence-corrected chi connectivity index (χ4v) is 2.24. The van der Waals surface area contributed by atoms with Crippen molar-refractivity contribution in [3.63, 3.8) is 0 Å². The van der Waals surface area contributed by atoms with E-state index in [1.807, 2.05) is 0 Å². The van der Waals surface area contributed by atoms with E-state index >= 15 is 0 Å². The average molecular weight is 300 g/mol.